The summed E-state index contributed by atoms with van der Waals surface area (Å²) in [5.41, 5.74) is 1.73. The number of rotatable bonds is 10. The first-order chi connectivity index (χ1) is 10.1. The van der Waals surface area contributed by atoms with Crippen molar-refractivity contribution in [3.05, 3.63) is 35.1 Å². The molecule has 0 atom stereocenters. The van der Waals surface area contributed by atoms with E-state index in [1.165, 1.54) is 18.9 Å². The molecule has 1 aliphatic carbocycles. The van der Waals surface area contributed by atoms with Gasteiger partial charge < -0.3 is 14.8 Å². The molecule has 1 aliphatic rings. The Morgan fingerprint density at radius 2 is 2.00 bits per heavy atom. The minimum atomic E-state index is -0.201. The molecule has 1 aromatic rings. The van der Waals surface area contributed by atoms with Crippen molar-refractivity contribution >= 4 is 0 Å². The van der Waals surface area contributed by atoms with Gasteiger partial charge in [0, 0.05) is 24.8 Å². The second-order valence-electron chi connectivity index (χ2n) is 6.10. The molecule has 1 fully saturated rings. The van der Waals surface area contributed by atoms with Gasteiger partial charge in [-0.3, -0.25) is 0 Å². The number of benzene rings is 1. The van der Waals surface area contributed by atoms with Gasteiger partial charge in [-0.15, -0.1) is 0 Å². The van der Waals surface area contributed by atoms with Gasteiger partial charge in [0.15, 0.2) is 0 Å². The zero-order valence-electron chi connectivity index (χ0n) is 13.0. The quantitative estimate of drug-likeness (QED) is 0.672. The molecule has 0 saturated heterocycles. The molecule has 0 spiro atoms. The topological polar surface area (TPSA) is 30.5 Å². The molecule has 1 aromatic carbocycles. The van der Waals surface area contributed by atoms with E-state index in [-0.39, 0.29) is 5.82 Å². The van der Waals surface area contributed by atoms with Crippen molar-refractivity contribution in [1.29, 1.82) is 0 Å². The van der Waals surface area contributed by atoms with E-state index in [0.29, 0.717) is 37.3 Å². The maximum Gasteiger partial charge on any atom is 0.128 e. The van der Waals surface area contributed by atoms with Gasteiger partial charge in [0.05, 0.1) is 19.8 Å². The zero-order valence-corrected chi connectivity index (χ0v) is 13.0. The average Bonchev–Trinajstić information content (AvgIpc) is 3.27. The van der Waals surface area contributed by atoms with Crippen molar-refractivity contribution in [3.63, 3.8) is 0 Å². The first-order valence-electron chi connectivity index (χ1n) is 7.81. The van der Waals surface area contributed by atoms with Gasteiger partial charge in [-0.2, -0.15) is 0 Å². The van der Waals surface area contributed by atoms with Crippen molar-refractivity contribution in [2.45, 2.75) is 45.9 Å². The predicted molar refractivity (Wildman–Crippen MR) is 81.6 cm³/mol. The predicted octanol–water partition coefficient (Wildman–Crippen LogP) is 3.27. The number of halogens is 1. The van der Waals surface area contributed by atoms with Crippen LogP contribution < -0.4 is 5.32 Å². The Kier molecular flexibility index (Phi) is 6.61. The highest BCUT2D eigenvalue weighted by Crippen LogP contribution is 2.20. The summed E-state index contributed by atoms with van der Waals surface area (Å²) in [5, 5.41) is 3.43. The lowest BCUT2D eigenvalue weighted by molar-refractivity contribution is 0.0306. The Bertz CT molecular complexity index is 433. The van der Waals surface area contributed by atoms with Gasteiger partial charge in [0.2, 0.25) is 0 Å². The molecule has 0 heterocycles. The Balaban J connectivity index is 1.69. The van der Waals surface area contributed by atoms with E-state index in [1.807, 2.05) is 12.1 Å². The fourth-order valence-corrected chi connectivity index (χ4v) is 2.02. The third-order valence-electron chi connectivity index (χ3n) is 3.36. The van der Waals surface area contributed by atoms with E-state index in [4.69, 9.17) is 9.47 Å². The number of ether oxygens (including phenoxy) is 2. The van der Waals surface area contributed by atoms with Crippen molar-refractivity contribution in [2.24, 2.45) is 5.92 Å². The molecule has 1 saturated carbocycles. The summed E-state index contributed by atoms with van der Waals surface area (Å²) < 4.78 is 24.7. The normalized spacial score (nSPS) is 14.9. The molecule has 0 radical (unpaired) electrons. The maximum absolute atomic E-state index is 13.7. The van der Waals surface area contributed by atoms with Gasteiger partial charge in [-0.05, 0) is 36.5 Å². The highest BCUT2D eigenvalue weighted by molar-refractivity contribution is 5.24. The Morgan fingerprint density at radius 1 is 1.24 bits per heavy atom. The molecule has 4 heteroatoms. The van der Waals surface area contributed by atoms with Crippen LogP contribution in [0.15, 0.2) is 18.2 Å². The van der Waals surface area contributed by atoms with Crippen LogP contribution in [-0.4, -0.2) is 25.9 Å². The van der Waals surface area contributed by atoms with Crippen LogP contribution in [0, 0.1) is 11.7 Å². The lowest BCUT2D eigenvalue weighted by atomic mass is 10.1. The Labute approximate surface area is 126 Å². The highest BCUT2D eigenvalue weighted by Gasteiger charge is 2.20. The molecular weight excluding hydrogens is 269 g/mol. The van der Waals surface area contributed by atoms with E-state index < -0.39 is 0 Å². The van der Waals surface area contributed by atoms with Crippen LogP contribution in [0.25, 0.3) is 0 Å². The van der Waals surface area contributed by atoms with Gasteiger partial charge in [0.25, 0.3) is 0 Å². The molecular formula is C17H26FNO2. The zero-order chi connectivity index (χ0) is 15.1. The van der Waals surface area contributed by atoms with Crippen LogP contribution in [0.4, 0.5) is 4.39 Å². The van der Waals surface area contributed by atoms with Crippen molar-refractivity contribution in [2.75, 3.05) is 19.8 Å². The summed E-state index contributed by atoms with van der Waals surface area (Å²) in [6.45, 7) is 7.11. The molecule has 0 bridgehead atoms. The fraction of sp³-hybridized carbons (Fsp3) is 0.647. The van der Waals surface area contributed by atoms with E-state index in [2.05, 4.69) is 19.2 Å². The first-order valence-corrected chi connectivity index (χ1v) is 7.81. The molecule has 0 aromatic heterocycles. The van der Waals surface area contributed by atoms with Crippen LogP contribution in [0.1, 0.15) is 37.8 Å². The minimum absolute atomic E-state index is 0.201. The smallest absolute Gasteiger partial charge is 0.128 e. The van der Waals surface area contributed by atoms with E-state index in [1.54, 1.807) is 0 Å². The largest absolute Gasteiger partial charge is 0.379 e. The lowest BCUT2D eigenvalue weighted by Crippen LogP contribution is -2.15. The van der Waals surface area contributed by atoms with Crippen molar-refractivity contribution < 1.29 is 13.9 Å². The SMILES string of the molecule is CC(C)COCCOCc1cc(CNC2CC2)ccc1F. The molecule has 3 nitrogen and oxygen atoms in total. The second-order valence-corrected chi connectivity index (χ2v) is 6.10. The summed E-state index contributed by atoms with van der Waals surface area (Å²) in [5.74, 6) is 0.325. The third kappa shape index (κ3) is 6.55. The molecule has 1 N–H and O–H groups in total. The van der Waals surface area contributed by atoms with Crippen molar-refractivity contribution in [1.82, 2.24) is 5.32 Å². The van der Waals surface area contributed by atoms with Crippen molar-refractivity contribution in [3.8, 4) is 0 Å². The summed E-state index contributed by atoms with van der Waals surface area (Å²) >= 11 is 0. The number of hydrogen-bond donors (Lipinski definition) is 1. The van der Waals surface area contributed by atoms with Crippen LogP contribution in [0.3, 0.4) is 0 Å². The number of nitrogens with one attached hydrogen (secondary N) is 1. The monoisotopic (exact) mass is 295 g/mol. The molecule has 0 unspecified atom stereocenters. The van der Waals surface area contributed by atoms with E-state index in [0.717, 1.165) is 18.7 Å². The summed E-state index contributed by atoms with van der Waals surface area (Å²) in [7, 11) is 0. The summed E-state index contributed by atoms with van der Waals surface area (Å²) in [6.07, 6.45) is 2.51. The van der Waals surface area contributed by atoms with E-state index >= 15 is 0 Å². The van der Waals surface area contributed by atoms with E-state index in [9.17, 15) is 4.39 Å². The standard InChI is InChI=1S/C17H26FNO2/c1-13(2)11-20-7-8-21-12-15-9-14(3-6-17(15)18)10-19-16-4-5-16/h3,6,9,13,16,19H,4-5,7-8,10-12H2,1-2H3. The fourth-order valence-electron chi connectivity index (χ4n) is 2.02. The van der Waals surface area contributed by atoms with Crippen LogP contribution in [0.2, 0.25) is 0 Å². The summed E-state index contributed by atoms with van der Waals surface area (Å²) in [4.78, 5) is 0. The van der Waals surface area contributed by atoms with Gasteiger partial charge in [-0.1, -0.05) is 19.9 Å². The van der Waals surface area contributed by atoms with Crippen LogP contribution in [0.5, 0.6) is 0 Å². The molecule has 0 aliphatic heterocycles. The van der Waals surface area contributed by atoms with Gasteiger partial charge >= 0.3 is 0 Å². The molecule has 0 amide bonds. The number of hydrogen-bond acceptors (Lipinski definition) is 3. The summed E-state index contributed by atoms with van der Waals surface area (Å²) in [6, 6.07) is 5.91. The Morgan fingerprint density at radius 3 is 2.71 bits per heavy atom. The molecule has 2 rings (SSSR count). The van der Waals surface area contributed by atoms with Gasteiger partial charge in [0.1, 0.15) is 5.82 Å². The molecule has 118 valence electrons. The van der Waals surface area contributed by atoms with Gasteiger partial charge in [-0.25, -0.2) is 4.39 Å². The Hall–Kier alpha value is -0.970. The third-order valence-corrected chi connectivity index (χ3v) is 3.36. The second kappa shape index (κ2) is 8.47. The highest BCUT2D eigenvalue weighted by atomic mass is 19.1. The first kappa shape index (κ1) is 16.4. The average molecular weight is 295 g/mol. The minimum Gasteiger partial charge on any atom is -0.379 e. The van der Waals surface area contributed by atoms with Crippen LogP contribution in [-0.2, 0) is 22.6 Å². The molecule has 21 heavy (non-hydrogen) atoms. The van der Waals surface area contributed by atoms with Crippen LogP contribution >= 0.6 is 0 Å². The lowest BCUT2D eigenvalue weighted by Gasteiger charge is -2.10. The maximum atomic E-state index is 13.7.